The molecule has 0 bridgehead atoms. The van der Waals surface area contributed by atoms with Crippen molar-refractivity contribution in [1.82, 2.24) is 0 Å². The number of Topliss-reactive ketones (excluding diaryl/α,β-unsaturated/α-hetero) is 2. The van der Waals surface area contributed by atoms with E-state index >= 15 is 0 Å². The lowest BCUT2D eigenvalue weighted by Gasteiger charge is -2.23. The third kappa shape index (κ3) is 22.3. The molecule has 0 radical (unpaired) electrons. The van der Waals surface area contributed by atoms with Gasteiger partial charge in [-0.05, 0) is 99.3 Å². The second-order valence-corrected chi connectivity index (χ2v) is 13.3. The highest BCUT2D eigenvalue weighted by Crippen LogP contribution is 2.32. The van der Waals surface area contributed by atoms with Crippen LogP contribution < -0.4 is 0 Å². The number of carboxylic acids is 1. The number of esters is 1. The van der Waals surface area contributed by atoms with E-state index in [2.05, 4.69) is 55.4 Å². The fourth-order valence-corrected chi connectivity index (χ4v) is 4.74. The number of hydrogen-bond acceptors (Lipinski definition) is 9. The summed E-state index contributed by atoms with van der Waals surface area (Å²) in [5, 5.41) is 8.87. The first-order chi connectivity index (χ1) is 22.3. The lowest BCUT2D eigenvalue weighted by molar-refractivity contribution is -0.191. The summed E-state index contributed by atoms with van der Waals surface area (Å²) in [6.45, 7) is 24.3. The van der Waals surface area contributed by atoms with Gasteiger partial charge in [-0.2, -0.15) is 9.59 Å². The molecule has 2 atom stereocenters. The lowest BCUT2D eigenvalue weighted by Crippen LogP contribution is -2.21. The smallest absolute Gasteiger partial charge is 0.379 e. The molecular formula is C38H56O10. The Morgan fingerprint density at radius 2 is 0.917 bits per heavy atom. The monoisotopic (exact) mass is 672 g/mol. The van der Waals surface area contributed by atoms with Crippen LogP contribution in [-0.2, 0) is 23.9 Å². The Labute approximate surface area is 286 Å². The van der Waals surface area contributed by atoms with E-state index < -0.39 is 17.7 Å². The van der Waals surface area contributed by atoms with Crippen molar-refractivity contribution >= 4 is 29.7 Å². The number of ether oxygens (including phenoxy) is 1. The van der Waals surface area contributed by atoms with E-state index in [1.54, 1.807) is 38.1 Å². The highest BCUT2D eigenvalue weighted by atomic mass is 16.7. The Kier molecular flexibility index (Phi) is 26.8. The molecule has 48 heavy (non-hydrogen) atoms. The van der Waals surface area contributed by atoms with Crippen molar-refractivity contribution in [2.24, 2.45) is 23.7 Å². The topological polar surface area (TPSA) is 166 Å². The van der Waals surface area contributed by atoms with Gasteiger partial charge in [0, 0.05) is 15.5 Å². The minimum absolute atomic E-state index is 0.167. The predicted octanol–water partition coefficient (Wildman–Crippen LogP) is 8.86. The lowest BCUT2D eigenvalue weighted by atomic mass is 9.82. The number of carboxylic acid groups (broad SMARTS) is 1. The zero-order valence-corrected chi connectivity index (χ0v) is 30.7. The first-order valence-electron chi connectivity index (χ1n) is 16.1. The van der Waals surface area contributed by atoms with Gasteiger partial charge in [0.05, 0.1) is 11.7 Å². The molecule has 0 heterocycles. The maximum absolute atomic E-state index is 12.0. The molecule has 0 saturated heterocycles. The third-order valence-electron chi connectivity index (χ3n) is 6.78. The maximum atomic E-state index is 12.0. The van der Waals surface area contributed by atoms with Gasteiger partial charge < -0.3 is 14.6 Å². The van der Waals surface area contributed by atoms with Crippen LogP contribution in [0.5, 0.6) is 0 Å². The number of carbonyl (C=O) groups excluding carboxylic acids is 5. The molecule has 268 valence electrons. The number of carbonyl (C=O) groups is 4. The summed E-state index contributed by atoms with van der Waals surface area (Å²) in [5.41, 5.74) is 3.22. The summed E-state index contributed by atoms with van der Waals surface area (Å²) in [5.74, 6) is 1.31. The van der Waals surface area contributed by atoms with E-state index in [1.165, 1.54) is 25.0 Å². The van der Waals surface area contributed by atoms with Gasteiger partial charge in [0.1, 0.15) is 5.78 Å². The molecule has 0 fully saturated rings. The fraction of sp³-hybridized carbons (Fsp3) is 0.553. The summed E-state index contributed by atoms with van der Waals surface area (Å²) in [7, 11) is 0. The maximum Gasteiger partial charge on any atom is 0.379 e. The van der Waals surface area contributed by atoms with Crippen LogP contribution in [-0.4, -0.2) is 40.9 Å². The number of benzene rings is 2. The molecule has 1 N–H and O–H groups in total. The second-order valence-electron chi connectivity index (χ2n) is 13.3. The SMILES string of the molecule is CC(C)=O.CC(C)CC(c1ccc(C(=O)C(=O)OC(C)C)cc1)C(C)C.CC(C)CC(c1ccc(C(=O)O)cc1)C(C)C.O=C=O.O=O. The van der Waals surface area contributed by atoms with Crippen LogP contribution in [0, 0.1) is 33.6 Å². The molecule has 0 aliphatic rings. The van der Waals surface area contributed by atoms with E-state index in [9.17, 15) is 19.2 Å². The molecule has 2 aromatic carbocycles. The van der Waals surface area contributed by atoms with Gasteiger partial charge in [0.15, 0.2) is 0 Å². The molecule has 2 unspecified atom stereocenters. The Morgan fingerprint density at radius 3 is 1.15 bits per heavy atom. The Hall–Kier alpha value is -4.30. The van der Waals surface area contributed by atoms with Gasteiger partial charge in [-0.25, -0.2) is 9.59 Å². The van der Waals surface area contributed by atoms with Crippen LogP contribution >= 0.6 is 0 Å². The van der Waals surface area contributed by atoms with Crippen molar-refractivity contribution < 1.29 is 38.6 Å². The van der Waals surface area contributed by atoms with Crippen LogP contribution in [0.4, 0.5) is 0 Å². The van der Waals surface area contributed by atoms with Crippen molar-refractivity contribution in [2.75, 3.05) is 0 Å². The Morgan fingerprint density at radius 1 is 0.625 bits per heavy atom. The molecular weight excluding hydrogens is 616 g/mol. The van der Waals surface area contributed by atoms with E-state index in [0.29, 0.717) is 46.6 Å². The summed E-state index contributed by atoms with van der Waals surface area (Å²) < 4.78 is 4.95. The zero-order chi connectivity index (χ0) is 38.1. The van der Waals surface area contributed by atoms with Crippen LogP contribution in [0.15, 0.2) is 48.5 Å². The minimum Gasteiger partial charge on any atom is -0.478 e. The van der Waals surface area contributed by atoms with E-state index in [4.69, 9.17) is 29.4 Å². The highest BCUT2D eigenvalue weighted by Gasteiger charge is 2.21. The standard InChI is InChI=1S/C19H28O3.C15H22O2.C3H6O.CO2.O2/c1-12(2)11-17(13(3)4)15-7-9-16(10-8-15)18(20)19(21)22-14(5)6;1-10(2)9-14(11(3)4)12-5-7-13(8-6-12)15(16)17;1-3(2)4;2-1-3;1-2/h7-10,12-14,17H,11H2,1-6H3;5-8,10-11,14H,9H2,1-4H3,(H,16,17);1-2H3;;. The van der Waals surface area contributed by atoms with Gasteiger partial charge in [-0.15, -0.1) is 0 Å². The molecule has 0 aliphatic heterocycles. The van der Waals surface area contributed by atoms with Crippen molar-refractivity contribution in [3.63, 3.8) is 0 Å². The molecule has 0 saturated carbocycles. The molecule has 0 aromatic heterocycles. The molecule has 0 spiro atoms. The van der Waals surface area contributed by atoms with Gasteiger partial charge >= 0.3 is 18.1 Å². The second kappa shape index (κ2) is 26.7. The molecule has 0 amide bonds. The molecule has 2 rings (SSSR count). The van der Waals surface area contributed by atoms with Gasteiger partial charge in [0.2, 0.25) is 0 Å². The van der Waals surface area contributed by atoms with Crippen LogP contribution in [0.2, 0.25) is 0 Å². The number of rotatable bonds is 12. The van der Waals surface area contributed by atoms with Crippen molar-refractivity contribution in [2.45, 2.75) is 114 Å². The first-order valence-corrected chi connectivity index (χ1v) is 16.1. The predicted molar refractivity (Wildman–Crippen MR) is 188 cm³/mol. The third-order valence-corrected chi connectivity index (χ3v) is 6.78. The summed E-state index contributed by atoms with van der Waals surface area (Å²) >= 11 is 0. The fourth-order valence-electron chi connectivity index (χ4n) is 4.74. The molecule has 10 heteroatoms. The zero-order valence-electron chi connectivity index (χ0n) is 30.7. The average molecular weight is 673 g/mol. The largest absolute Gasteiger partial charge is 0.478 e. The molecule has 0 aliphatic carbocycles. The molecule has 2 aromatic rings. The van der Waals surface area contributed by atoms with Gasteiger partial charge in [-0.3, -0.25) is 4.79 Å². The van der Waals surface area contributed by atoms with Gasteiger partial charge in [0.25, 0.3) is 5.78 Å². The van der Waals surface area contributed by atoms with Crippen molar-refractivity contribution in [1.29, 1.82) is 0 Å². The average Bonchev–Trinajstić information content (AvgIpc) is 2.99. The summed E-state index contributed by atoms with van der Waals surface area (Å²) in [4.78, 5) is 74.1. The number of ketones is 2. The molecule has 10 nitrogen and oxygen atoms in total. The number of aromatic carboxylic acids is 1. The van der Waals surface area contributed by atoms with Crippen LogP contribution in [0.1, 0.15) is 140 Å². The van der Waals surface area contributed by atoms with Crippen LogP contribution in [0.25, 0.3) is 0 Å². The highest BCUT2D eigenvalue weighted by molar-refractivity contribution is 6.40. The van der Waals surface area contributed by atoms with Gasteiger partial charge in [-0.1, -0.05) is 91.8 Å². The summed E-state index contributed by atoms with van der Waals surface area (Å²) in [6, 6.07) is 14.7. The number of hydrogen-bond donors (Lipinski definition) is 1. The normalized spacial score (nSPS) is 11.3. The van der Waals surface area contributed by atoms with Crippen molar-refractivity contribution in [3.05, 3.63) is 80.7 Å². The Balaban J connectivity index is -0.000000688. The quantitative estimate of drug-likeness (QED) is 0.131. The Bertz CT molecular complexity index is 1230. The van der Waals surface area contributed by atoms with E-state index in [1.807, 2.05) is 24.3 Å². The summed E-state index contributed by atoms with van der Waals surface area (Å²) in [6.07, 6.45) is 2.22. The first kappa shape index (κ1) is 48.1. The van der Waals surface area contributed by atoms with Crippen LogP contribution in [0.3, 0.4) is 0 Å². The van der Waals surface area contributed by atoms with E-state index in [-0.39, 0.29) is 18.0 Å². The van der Waals surface area contributed by atoms with Crippen molar-refractivity contribution in [3.8, 4) is 0 Å². The van der Waals surface area contributed by atoms with E-state index in [0.717, 1.165) is 12.8 Å². The minimum atomic E-state index is -0.860.